The molecule has 0 saturated heterocycles. The highest BCUT2D eigenvalue weighted by Gasteiger charge is 2.20. The topological polar surface area (TPSA) is 44.5 Å². The molecule has 2 rings (SSSR count). The van der Waals surface area contributed by atoms with Crippen LogP contribution in [0.4, 0.5) is 0 Å². The maximum atomic E-state index is 6.49. The van der Waals surface area contributed by atoms with Crippen LogP contribution in [0.3, 0.4) is 0 Å². The van der Waals surface area contributed by atoms with Crippen molar-refractivity contribution in [3.05, 3.63) is 65.2 Å². The quantitative estimate of drug-likeness (QED) is 0.344. The molecule has 166 valence electrons. The van der Waals surface area contributed by atoms with Crippen LogP contribution in [0.1, 0.15) is 76.0 Å². The molecular weight excluding hydrogens is 370 g/mol. The summed E-state index contributed by atoms with van der Waals surface area (Å²) >= 11 is 0. The molecule has 0 amide bonds. The lowest BCUT2D eigenvalue weighted by Gasteiger charge is -2.25. The van der Waals surface area contributed by atoms with Gasteiger partial charge in [0, 0.05) is 5.54 Å². The zero-order valence-corrected chi connectivity index (χ0v) is 19.3. The molecule has 3 nitrogen and oxygen atoms in total. The maximum absolute atomic E-state index is 6.49. The number of aryl methyl sites for hydroxylation is 1. The van der Waals surface area contributed by atoms with Crippen molar-refractivity contribution in [3.63, 3.8) is 0 Å². The minimum absolute atomic E-state index is 0.344. The van der Waals surface area contributed by atoms with Gasteiger partial charge in [-0.05, 0) is 61.9 Å². The van der Waals surface area contributed by atoms with Crippen LogP contribution in [0, 0.1) is 0 Å². The van der Waals surface area contributed by atoms with Gasteiger partial charge in [0.1, 0.15) is 12.4 Å². The van der Waals surface area contributed by atoms with Gasteiger partial charge in [-0.15, -0.1) is 0 Å². The summed E-state index contributed by atoms with van der Waals surface area (Å²) in [5.41, 5.74) is 10.2. The van der Waals surface area contributed by atoms with Crippen LogP contribution in [0.15, 0.2) is 48.5 Å². The highest BCUT2D eigenvalue weighted by Crippen LogP contribution is 2.26. The van der Waals surface area contributed by atoms with E-state index in [1.807, 2.05) is 30.3 Å². The first-order chi connectivity index (χ1) is 14.5. The predicted octanol–water partition coefficient (Wildman–Crippen LogP) is 6.42. The number of para-hydroxylation sites is 1. The summed E-state index contributed by atoms with van der Waals surface area (Å²) in [7, 11) is 0. The Hall–Kier alpha value is -1.84. The van der Waals surface area contributed by atoms with Crippen LogP contribution in [0.25, 0.3) is 0 Å². The van der Waals surface area contributed by atoms with Crippen LogP contribution >= 0.6 is 0 Å². The Kier molecular flexibility index (Phi) is 11.0. The minimum atomic E-state index is -0.344. The molecule has 0 aliphatic heterocycles. The molecule has 0 spiro atoms. The highest BCUT2D eigenvalue weighted by atomic mass is 16.5. The van der Waals surface area contributed by atoms with Gasteiger partial charge in [-0.2, -0.15) is 0 Å². The summed E-state index contributed by atoms with van der Waals surface area (Å²) in [6.45, 7) is 8.30. The Bertz CT molecular complexity index is 707. The van der Waals surface area contributed by atoms with Gasteiger partial charge in [-0.25, -0.2) is 0 Å². The van der Waals surface area contributed by atoms with Gasteiger partial charge in [0.2, 0.25) is 0 Å². The normalized spacial score (nSPS) is 11.6. The highest BCUT2D eigenvalue weighted by molar-refractivity contribution is 5.39. The van der Waals surface area contributed by atoms with E-state index >= 15 is 0 Å². The second kappa shape index (κ2) is 13.5. The van der Waals surface area contributed by atoms with Crippen molar-refractivity contribution in [1.82, 2.24) is 0 Å². The molecule has 0 unspecified atom stereocenters. The van der Waals surface area contributed by atoms with Crippen molar-refractivity contribution in [1.29, 1.82) is 0 Å². The van der Waals surface area contributed by atoms with E-state index in [-0.39, 0.29) is 5.54 Å². The molecule has 0 radical (unpaired) electrons. The maximum Gasteiger partial charge on any atom is 0.119 e. The van der Waals surface area contributed by atoms with Crippen molar-refractivity contribution in [2.75, 3.05) is 19.8 Å². The fourth-order valence-corrected chi connectivity index (χ4v) is 3.88. The van der Waals surface area contributed by atoms with E-state index in [1.165, 1.54) is 55.2 Å². The van der Waals surface area contributed by atoms with E-state index < -0.39 is 0 Å². The SMILES string of the molecule is CCCCCCCCc1cccc(C(C)(C)N)c1CCOCCOc1ccccc1. The second-order valence-electron chi connectivity index (χ2n) is 8.71. The van der Waals surface area contributed by atoms with Gasteiger partial charge in [-0.3, -0.25) is 0 Å². The molecule has 0 aliphatic rings. The Morgan fingerprint density at radius 3 is 2.23 bits per heavy atom. The monoisotopic (exact) mass is 411 g/mol. The number of rotatable bonds is 15. The van der Waals surface area contributed by atoms with E-state index in [0.717, 1.165) is 18.6 Å². The minimum Gasteiger partial charge on any atom is -0.491 e. The molecule has 0 aromatic heterocycles. The number of nitrogens with two attached hydrogens (primary N) is 1. The molecule has 2 aromatic carbocycles. The van der Waals surface area contributed by atoms with Crippen molar-refractivity contribution in [2.45, 2.75) is 77.7 Å². The van der Waals surface area contributed by atoms with E-state index in [2.05, 4.69) is 39.0 Å². The van der Waals surface area contributed by atoms with E-state index in [0.29, 0.717) is 19.8 Å². The summed E-state index contributed by atoms with van der Waals surface area (Å²) in [5, 5.41) is 0. The Labute approximate surface area is 184 Å². The fraction of sp³-hybridized carbons (Fsp3) is 0.556. The number of unbranched alkanes of at least 4 members (excludes halogenated alkanes) is 5. The standard InChI is InChI=1S/C27H41NO2/c1-4-5-6-7-8-10-14-23-15-13-18-26(27(2,3)28)25(23)19-20-29-21-22-30-24-16-11-9-12-17-24/h9,11-13,15-18H,4-8,10,14,19-22,28H2,1-3H3. The molecule has 0 aliphatic carbocycles. The summed E-state index contributed by atoms with van der Waals surface area (Å²) in [6.07, 6.45) is 9.94. The van der Waals surface area contributed by atoms with Crippen LogP contribution in [0.5, 0.6) is 5.75 Å². The zero-order valence-electron chi connectivity index (χ0n) is 19.3. The molecule has 30 heavy (non-hydrogen) atoms. The van der Waals surface area contributed by atoms with Gasteiger partial charge in [0.25, 0.3) is 0 Å². The van der Waals surface area contributed by atoms with Gasteiger partial charge >= 0.3 is 0 Å². The van der Waals surface area contributed by atoms with Gasteiger partial charge in [0.05, 0.1) is 13.2 Å². The van der Waals surface area contributed by atoms with Crippen molar-refractivity contribution in [2.24, 2.45) is 5.73 Å². The number of hydrogen-bond acceptors (Lipinski definition) is 3. The first-order valence-corrected chi connectivity index (χ1v) is 11.7. The lowest BCUT2D eigenvalue weighted by molar-refractivity contribution is 0.102. The Morgan fingerprint density at radius 2 is 1.50 bits per heavy atom. The fourth-order valence-electron chi connectivity index (χ4n) is 3.88. The van der Waals surface area contributed by atoms with E-state index in [1.54, 1.807) is 0 Å². The van der Waals surface area contributed by atoms with Crippen molar-refractivity contribution < 1.29 is 9.47 Å². The van der Waals surface area contributed by atoms with Gasteiger partial charge in [0.15, 0.2) is 0 Å². The second-order valence-corrected chi connectivity index (χ2v) is 8.71. The average molecular weight is 412 g/mol. The molecule has 0 saturated carbocycles. The molecule has 2 aromatic rings. The number of ether oxygens (including phenoxy) is 2. The van der Waals surface area contributed by atoms with E-state index in [9.17, 15) is 0 Å². The molecule has 0 heterocycles. The largest absolute Gasteiger partial charge is 0.491 e. The summed E-state index contributed by atoms with van der Waals surface area (Å²) in [4.78, 5) is 0. The molecular formula is C27H41NO2. The number of benzene rings is 2. The lowest BCUT2D eigenvalue weighted by atomic mass is 9.85. The summed E-state index contributed by atoms with van der Waals surface area (Å²) in [5.74, 6) is 0.887. The Balaban J connectivity index is 1.85. The van der Waals surface area contributed by atoms with Gasteiger partial charge in [-0.1, -0.05) is 75.4 Å². The van der Waals surface area contributed by atoms with E-state index in [4.69, 9.17) is 15.2 Å². The third-order valence-electron chi connectivity index (χ3n) is 5.50. The van der Waals surface area contributed by atoms with Crippen LogP contribution in [-0.2, 0) is 23.1 Å². The summed E-state index contributed by atoms with van der Waals surface area (Å²) < 4.78 is 11.6. The lowest BCUT2D eigenvalue weighted by Crippen LogP contribution is -2.30. The molecule has 0 fully saturated rings. The van der Waals surface area contributed by atoms with Crippen LogP contribution < -0.4 is 10.5 Å². The first kappa shape index (κ1) is 24.4. The predicted molar refractivity (Wildman–Crippen MR) is 127 cm³/mol. The molecule has 0 atom stereocenters. The van der Waals surface area contributed by atoms with Crippen molar-refractivity contribution >= 4 is 0 Å². The zero-order chi connectivity index (χ0) is 21.7. The van der Waals surface area contributed by atoms with Crippen LogP contribution in [0.2, 0.25) is 0 Å². The Morgan fingerprint density at radius 1 is 0.767 bits per heavy atom. The summed E-state index contributed by atoms with van der Waals surface area (Å²) in [6, 6.07) is 16.5. The third kappa shape index (κ3) is 8.89. The number of hydrogen-bond donors (Lipinski definition) is 1. The molecule has 2 N–H and O–H groups in total. The molecule has 0 bridgehead atoms. The third-order valence-corrected chi connectivity index (χ3v) is 5.50. The smallest absolute Gasteiger partial charge is 0.119 e. The van der Waals surface area contributed by atoms with Gasteiger partial charge < -0.3 is 15.2 Å². The first-order valence-electron chi connectivity index (χ1n) is 11.7. The molecule has 3 heteroatoms. The van der Waals surface area contributed by atoms with Crippen LogP contribution in [-0.4, -0.2) is 19.8 Å². The van der Waals surface area contributed by atoms with Crippen molar-refractivity contribution in [3.8, 4) is 5.75 Å². The average Bonchev–Trinajstić information content (AvgIpc) is 2.73.